The summed E-state index contributed by atoms with van der Waals surface area (Å²) < 4.78 is 0. The molecule has 4 heteroatoms. The molecule has 1 aromatic heterocycles. The summed E-state index contributed by atoms with van der Waals surface area (Å²) in [6.07, 6.45) is 2.38. The van der Waals surface area contributed by atoms with E-state index in [1.165, 1.54) is 5.56 Å². The first kappa shape index (κ1) is 14.3. The van der Waals surface area contributed by atoms with Gasteiger partial charge in [-0.1, -0.05) is 60.5 Å². The summed E-state index contributed by atoms with van der Waals surface area (Å²) in [5, 5.41) is 4.64. The number of pyridine rings is 1. The van der Waals surface area contributed by atoms with Gasteiger partial charge in [-0.3, -0.25) is 4.98 Å². The molecule has 0 aliphatic rings. The van der Waals surface area contributed by atoms with Crippen molar-refractivity contribution in [1.82, 2.24) is 10.3 Å². The van der Waals surface area contributed by atoms with Crippen molar-refractivity contribution in [3.63, 3.8) is 0 Å². The van der Waals surface area contributed by atoms with E-state index in [1.54, 1.807) is 12.3 Å². The van der Waals surface area contributed by atoms with Crippen LogP contribution < -0.4 is 5.32 Å². The third-order valence-corrected chi connectivity index (χ3v) is 3.47. The van der Waals surface area contributed by atoms with Gasteiger partial charge in [0.2, 0.25) is 0 Å². The molecule has 1 aromatic carbocycles. The molecule has 0 saturated heterocycles. The summed E-state index contributed by atoms with van der Waals surface area (Å²) in [7, 11) is 0. The van der Waals surface area contributed by atoms with E-state index in [0.29, 0.717) is 10.0 Å². The van der Waals surface area contributed by atoms with E-state index in [-0.39, 0.29) is 6.04 Å². The molecule has 2 nitrogen and oxygen atoms in total. The SMILES string of the molecule is CCNC(Cc1ncc(Cl)cc1Cl)c1ccccc1. The van der Waals surface area contributed by atoms with Gasteiger partial charge in [0.1, 0.15) is 0 Å². The van der Waals surface area contributed by atoms with Crippen LogP contribution in [-0.4, -0.2) is 11.5 Å². The molecule has 0 saturated carbocycles. The maximum atomic E-state index is 6.19. The summed E-state index contributed by atoms with van der Waals surface area (Å²) in [5.41, 5.74) is 2.10. The van der Waals surface area contributed by atoms with Crippen molar-refractivity contribution in [3.05, 3.63) is 63.9 Å². The fourth-order valence-corrected chi connectivity index (χ4v) is 2.48. The average molecular weight is 295 g/mol. The minimum absolute atomic E-state index is 0.206. The Morgan fingerprint density at radius 2 is 1.95 bits per heavy atom. The fraction of sp³-hybridized carbons (Fsp3) is 0.267. The molecule has 0 spiro atoms. The average Bonchev–Trinajstić information content (AvgIpc) is 2.42. The highest BCUT2D eigenvalue weighted by atomic mass is 35.5. The van der Waals surface area contributed by atoms with E-state index in [1.807, 2.05) is 18.2 Å². The van der Waals surface area contributed by atoms with Crippen LogP contribution >= 0.6 is 23.2 Å². The van der Waals surface area contributed by atoms with Crippen LogP contribution in [0.15, 0.2) is 42.6 Å². The highest BCUT2D eigenvalue weighted by molar-refractivity contribution is 6.34. The zero-order valence-electron chi connectivity index (χ0n) is 10.7. The van der Waals surface area contributed by atoms with Gasteiger partial charge in [-0.15, -0.1) is 0 Å². The van der Waals surface area contributed by atoms with Gasteiger partial charge in [-0.2, -0.15) is 0 Å². The number of aromatic nitrogens is 1. The molecule has 0 aliphatic carbocycles. The number of nitrogens with zero attached hydrogens (tertiary/aromatic N) is 1. The molecule has 0 bridgehead atoms. The smallest absolute Gasteiger partial charge is 0.0637 e. The summed E-state index contributed by atoms with van der Waals surface area (Å²) >= 11 is 12.1. The lowest BCUT2D eigenvalue weighted by Gasteiger charge is -2.18. The quantitative estimate of drug-likeness (QED) is 0.890. The van der Waals surface area contributed by atoms with Crippen molar-refractivity contribution in [1.29, 1.82) is 0 Å². The normalized spacial score (nSPS) is 12.4. The Kier molecular flexibility index (Phi) is 5.20. The predicted molar refractivity (Wildman–Crippen MR) is 80.8 cm³/mol. The minimum atomic E-state index is 0.206. The molecular weight excluding hydrogens is 279 g/mol. The number of halogens is 2. The first-order chi connectivity index (χ1) is 9.20. The molecule has 0 fully saturated rings. The van der Waals surface area contributed by atoms with Gasteiger partial charge in [0.15, 0.2) is 0 Å². The monoisotopic (exact) mass is 294 g/mol. The zero-order valence-corrected chi connectivity index (χ0v) is 12.2. The first-order valence-electron chi connectivity index (χ1n) is 6.29. The summed E-state index contributed by atoms with van der Waals surface area (Å²) in [5.74, 6) is 0. The number of hydrogen-bond acceptors (Lipinski definition) is 2. The number of nitrogens with one attached hydrogen (secondary N) is 1. The van der Waals surface area contributed by atoms with Crippen molar-refractivity contribution in [2.45, 2.75) is 19.4 Å². The van der Waals surface area contributed by atoms with Crippen LogP contribution in [0.2, 0.25) is 10.0 Å². The fourth-order valence-electron chi connectivity index (χ4n) is 2.03. The van der Waals surface area contributed by atoms with Crippen molar-refractivity contribution < 1.29 is 0 Å². The topological polar surface area (TPSA) is 24.9 Å². The molecule has 1 atom stereocenters. The maximum absolute atomic E-state index is 6.19. The van der Waals surface area contributed by atoms with E-state index >= 15 is 0 Å². The number of likely N-dealkylation sites (N-methyl/N-ethyl adjacent to an activating group) is 1. The predicted octanol–water partition coefficient (Wildman–Crippen LogP) is 4.28. The van der Waals surface area contributed by atoms with Crippen LogP contribution in [0.1, 0.15) is 24.2 Å². The van der Waals surface area contributed by atoms with Gasteiger partial charge in [0, 0.05) is 18.7 Å². The van der Waals surface area contributed by atoms with Gasteiger partial charge in [0.05, 0.1) is 15.7 Å². The van der Waals surface area contributed by atoms with Gasteiger partial charge >= 0.3 is 0 Å². The van der Waals surface area contributed by atoms with Crippen LogP contribution in [0.5, 0.6) is 0 Å². The lowest BCUT2D eigenvalue weighted by Crippen LogP contribution is -2.23. The highest BCUT2D eigenvalue weighted by Gasteiger charge is 2.14. The van der Waals surface area contributed by atoms with E-state index in [4.69, 9.17) is 23.2 Å². The highest BCUT2D eigenvalue weighted by Crippen LogP contribution is 2.24. The summed E-state index contributed by atoms with van der Waals surface area (Å²) in [6.45, 7) is 2.98. The van der Waals surface area contributed by atoms with E-state index in [0.717, 1.165) is 18.7 Å². The molecule has 0 amide bonds. The number of rotatable bonds is 5. The van der Waals surface area contributed by atoms with Crippen LogP contribution in [0.4, 0.5) is 0 Å². The molecule has 1 heterocycles. The van der Waals surface area contributed by atoms with Crippen LogP contribution in [0.3, 0.4) is 0 Å². The second-order valence-electron chi connectivity index (χ2n) is 4.31. The molecule has 2 rings (SSSR count). The molecule has 1 N–H and O–H groups in total. The van der Waals surface area contributed by atoms with Crippen molar-refractivity contribution in [3.8, 4) is 0 Å². The Balaban J connectivity index is 2.21. The Labute approximate surface area is 123 Å². The van der Waals surface area contributed by atoms with Gasteiger partial charge in [-0.25, -0.2) is 0 Å². The Bertz CT molecular complexity index is 529. The minimum Gasteiger partial charge on any atom is -0.310 e. The van der Waals surface area contributed by atoms with Crippen molar-refractivity contribution in [2.75, 3.05) is 6.54 Å². The lowest BCUT2D eigenvalue weighted by molar-refractivity contribution is 0.544. The van der Waals surface area contributed by atoms with Crippen molar-refractivity contribution in [2.24, 2.45) is 0 Å². The third kappa shape index (κ3) is 3.93. The van der Waals surface area contributed by atoms with Gasteiger partial charge in [0.25, 0.3) is 0 Å². The van der Waals surface area contributed by atoms with Gasteiger partial charge in [-0.05, 0) is 18.2 Å². The number of benzene rings is 1. The molecular formula is C15H16Cl2N2. The summed E-state index contributed by atoms with van der Waals surface area (Å²) in [6, 6.07) is 12.2. The Morgan fingerprint density at radius 1 is 1.21 bits per heavy atom. The second-order valence-corrected chi connectivity index (χ2v) is 5.15. The maximum Gasteiger partial charge on any atom is 0.0637 e. The third-order valence-electron chi connectivity index (χ3n) is 2.93. The van der Waals surface area contributed by atoms with Crippen LogP contribution in [0.25, 0.3) is 0 Å². The van der Waals surface area contributed by atoms with Crippen LogP contribution in [-0.2, 0) is 6.42 Å². The standard InChI is InChI=1S/C15H16Cl2N2/c1-2-18-14(11-6-4-3-5-7-11)9-15-13(17)8-12(16)10-19-15/h3-8,10,14,18H,2,9H2,1H3. The Morgan fingerprint density at radius 3 is 2.58 bits per heavy atom. The molecule has 0 radical (unpaired) electrons. The van der Waals surface area contributed by atoms with E-state index in [9.17, 15) is 0 Å². The van der Waals surface area contributed by atoms with Crippen molar-refractivity contribution >= 4 is 23.2 Å². The molecule has 1 unspecified atom stereocenters. The first-order valence-corrected chi connectivity index (χ1v) is 7.04. The molecule has 100 valence electrons. The summed E-state index contributed by atoms with van der Waals surface area (Å²) in [4.78, 5) is 4.32. The lowest BCUT2D eigenvalue weighted by atomic mass is 10.0. The molecule has 19 heavy (non-hydrogen) atoms. The number of hydrogen-bond donors (Lipinski definition) is 1. The van der Waals surface area contributed by atoms with E-state index < -0.39 is 0 Å². The molecule has 2 aromatic rings. The zero-order chi connectivity index (χ0) is 13.7. The van der Waals surface area contributed by atoms with Gasteiger partial charge < -0.3 is 5.32 Å². The second kappa shape index (κ2) is 6.90. The Hall–Kier alpha value is -1.09. The van der Waals surface area contributed by atoms with Crippen LogP contribution in [0, 0.1) is 0 Å². The molecule has 0 aliphatic heterocycles. The van der Waals surface area contributed by atoms with E-state index in [2.05, 4.69) is 29.4 Å². The largest absolute Gasteiger partial charge is 0.310 e.